The fourth-order valence-electron chi connectivity index (χ4n) is 1.39. The van der Waals surface area contributed by atoms with Crippen LogP contribution in [-0.2, 0) is 23.5 Å². The molecule has 0 N–H and O–H groups in total. The van der Waals surface area contributed by atoms with Gasteiger partial charge in [0.15, 0.2) is 0 Å². The first-order valence-electron chi connectivity index (χ1n) is 5.05. The monoisotopic (exact) mass is 274 g/mol. The Labute approximate surface area is 106 Å². The van der Waals surface area contributed by atoms with E-state index in [2.05, 4.69) is 8.37 Å². The van der Waals surface area contributed by atoms with Crippen molar-refractivity contribution in [3.63, 3.8) is 0 Å². The lowest BCUT2D eigenvalue weighted by Crippen LogP contribution is -2.15. The van der Waals surface area contributed by atoms with Gasteiger partial charge in [0.2, 0.25) is 6.79 Å². The maximum Gasteiger partial charge on any atom is 0.402 e. The van der Waals surface area contributed by atoms with Crippen LogP contribution in [0.1, 0.15) is 21.5 Å². The van der Waals surface area contributed by atoms with Gasteiger partial charge in [-0.05, 0) is 25.0 Å². The van der Waals surface area contributed by atoms with Gasteiger partial charge >= 0.3 is 16.4 Å². The van der Waals surface area contributed by atoms with E-state index in [9.17, 15) is 13.2 Å². The predicted molar refractivity (Wildman–Crippen MR) is 63.2 cm³/mol. The highest BCUT2D eigenvalue weighted by Crippen LogP contribution is 2.14. The largest absolute Gasteiger partial charge is 0.433 e. The van der Waals surface area contributed by atoms with Crippen molar-refractivity contribution in [3.05, 3.63) is 34.9 Å². The Morgan fingerprint density at radius 1 is 1.22 bits per heavy atom. The Morgan fingerprint density at radius 2 is 1.78 bits per heavy atom. The molecule has 0 heterocycles. The summed E-state index contributed by atoms with van der Waals surface area (Å²) in [7, 11) is -3.15. The molecule has 0 unspecified atom stereocenters. The highest BCUT2D eigenvalue weighted by atomic mass is 32.3. The molecule has 6 nitrogen and oxygen atoms in total. The van der Waals surface area contributed by atoms with Crippen molar-refractivity contribution < 1.29 is 26.3 Å². The van der Waals surface area contributed by atoms with Crippen LogP contribution in [0, 0.1) is 13.8 Å². The van der Waals surface area contributed by atoms with E-state index in [-0.39, 0.29) is 0 Å². The van der Waals surface area contributed by atoms with E-state index in [1.807, 2.05) is 6.07 Å². The Bertz CT molecular complexity index is 514. The van der Waals surface area contributed by atoms with Crippen molar-refractivity contribution in [2.75, 3.05) is 13.9 Å². The molecule has 0 bridgehead atoms. The number of rotatable bonds is 5. The number of carbonyl (C=O) groups is 1. The van der Waals surface area contributed by atoms with Gasteiger partial charge in [-0.1, -0.05) is 18.2 Å². The molecule has 0 fully saturated rings. The lowest BCUT2D eigenvalue weighted by Gasteiger charge is -2.09. The first kappa shape index (κ1) is 14.6. The summed E-state index contributed by atoms with van der Waals surface area (Å²) in [5.41, 5.74) is 1.89. The number of hydrogen-bond donors (Lipinski definition) is 0. The van der Waals surface area contributed by atoms with Gasteiger partial charge in [0.25, 0.3) is 0 Å². The van der Waals surface area contributed by atoms with Gasteiger partial charge in [-0.15, -0.1) is 0 Å². The van der Waals surface area contributed by atoms with Crippen molar-refractivity contribution in [2.45, 2.75) is 13.8 Å². The summed E-state index contributed by atoms with van der Waals surface area (Å²) in [5, 5.41) is 0. The Hall–Kier alpha value is -1.44. The molecule has 0 spiro atoms. The summed E-state index contributed by atoms with van der Waals surface area (Å²) in [6, 6.07) is 5.33. The fraction of sp³-hybridized carbons (Fsp3) is 0.364. The maximum absolute atomic E-state index is 11.7. The molecule has 18 heavy (non-hydrogen) atoms. The zero-order valence-corrected chi connectivity index (χ0v) is 11.1. The van der Waals surface area contributed by atoms with E-state index in [1.54, 1.807) is 26.0 Å². The smallest absolute Gasteiger partial charge is 0.402 e. The second-order valence-corrected chi connectivity index (χ2v) is 4.89. The van der Waals surface area contributed by atoms with Crippen LogP contribution in [0.25, 0.3) is 0 Å². The normalized spacial score (nSPS) is 11.3. The van der Waals surface area contributed by atoms with Crippen LogP contribution in [0.5, 0.6) is 0 Å². The molecule has 1 aromatic carbocycles. The van der Waals surface area contributed by atoms with Crippen LogP contribution in [-0.4, -0.2) is 28.3 Å². The molecular weight excluding hydrogens is 260 g/mol. The molecule has 0 aromatic heterocycles. The molecule has 1 rings (SSSR count). The summed E-state index contributed by atoms with van der Waals surface area (Å²) in [5.74, 6) is -0.642. The zero-order chi connectivity index (χ0) is 13.8. The molecule has 0 saturated carbocycles. The summed E-state index contributed by atoms with van der Waals surface area (Å²) in [6.07, 6.45) is 0. The highest BCUT2D eigenvalue weighted by Gasteiger charge is 2.15. The van der Waals surface area contributed by atoms with Crippen molar-refractivity contribution in [1.29, 1.82) is 0 Å². The number of esters is 1. The Balaban J connectivity index is 2.67. The van der Waals surface area contributed by atoms with Crippen molar-refractivity contribution in [2.24, 2.45) is 0 Å². The van der Waals surface area contributed by atoms with Crippen LogP contribution >= 0.6 is 0 Å². The Kier molecular flexibility index (Phi) is 4.83. The van der Waals surface area contributed by atoms with Crippen molar-refractivity contribution in [1.82, 2.24) is 0 Å². The van der Waals surface area contributed by atoms with E-state index in [0.29, 0.717) is 5.56 Å². The van der Waals surface area contributed by atoms with Gasteiger partial charge in [0, 0.05) is 0 Å². The van der Waals surface area contributed by atoms with E-state index in [1.165, 1.54) is 0 Å². The minimum Gasteiger partial charge on any atom is -0.433 e. The van der Waals surface area contributed by atoms with Crippen molar-refractivity contribution >= 4 is 16.4 Å². The second-order valence-electron chi connectivity index (χ2n) is 3.51. The number of aryl methyl sites for hydroxylation is 2. The number of carbonyl (C=O) groups excluding carboxylic acids is 1. The number of benzene rings is 1. The standard InChI is InChI=1S/C11H14O6S/c1-8-5-4-6-9(2)10(8)11(12)16-7-17-18(13,14)15-3/h4-6H,7H2,1-3H3. The first-order valence-corrected chi connectivity index (χ1v) is 6.39. The number of hydrogen-bond acceptors (Lipinski definition) is 6. The molecule has 100 valence electrons. The fourth-order valence-corrected chi connectivity index (χ4v) is 1.66. The summed E-state index contributed by atoms with van der Waals surface area (Å²) in [6.45, 7) is 2.80. The average molecular weight is 274 g/mol. The lowest BCUT2D eigenvalue weighted by molar-refractivity contribution is 0.0133. The topological polar surface area (TPSA) is 78.9 Å². The van der Waals surface area contributed by atoms with Crippen LogP contribution in [0.15, 0.2) is 18.2 Å². The quantitative estimate of drug-likeness (QED) is 0.595. The van der Waals surface area contributed by atoms with Crippen molar-refractivity contribution in [3.8, 4) is 0 Å². The predicted octanol–water partition coefficient (Wildman–Crippen LogP) is 1.33. The molecule has 0 aliphatic heterocycles. The molecule has 0 aliphatic rings. The van der Waals surface area contributed by atoms with Gasteiger partial charge in [0.05, 0.1) is 12.7 Å². The van der Waals surface area contributed by atoms with E-state index in [4.69, 9.17) is 4.74 Å². The molecule has 0 saturated heterocycles. The van der Waals surface area contributed by atoms with Gasteiger partial charge in [-0.2, -0.15) is 8.42 Å². The van der Waals surface area contributed by atoms with E-state index in [0.717, 1.165) is 18.2 Å². The van der Waals surface area contributed by atoms with Gasteiger partial charge in [0.1, 0.15) is 0 Å². The van der Waals surface area contributed by atoms with Crippen LogP contribution in [0.4, 0.5) is 0 Å². The van der Waals surface area contributed by atoms with Gasteiger partial charge < -0.3 is 4.74 Å². The number of ether oxygens (including phenoxy) is 1. The summed E-state index contributed by atoms with van der Waals surface area (Å²) < 4.78 is 34.6. The first-order chi connectivity index (χ1) is 8.37. The SMILES string of the molecule is COS(=O)(=O)OCOC(=O)c1c(C)cccc1C. The van der Waals surface area contributed by atoms with E-state index < -0.39 is 23.2 Å². The maximum atomic E-state index is 11.7. The third kappa shape index (κ3) is 3.80. The Morgan fingerprint density at radius 3 is 2.28 bits per heavy atom. The van der Waals surface area contributed by atoms with Gasteiger partial charge in [-0.25, -0.2) is 8.98 Å². The lowest BCUT2D eigenvalue weighted by atomic mass is 10.0. The molecule has 0 aliphatic carbocycles. The second kappa shape index (κ2) is 5.94. The zero-order valence-electron chi connectivity index (χ0n) is 10.3. The third-order valence-electron chi connectivity index (χ3n) is 2.27. The molecule has 0 atom stereocenters. The molecule has 0 amide bonds. The highest BCUT2D eigenvalue weighted by molar-refractivity contribution is 7.81. The van der Waals surface area contributed by atoms with Gasteiger partial charge in [-0.3, -0.25) is 4.18 Å². The molecule has 0 radical (unpaired) electrons. The van der Waals surface area contributed by atoms with Crippen LogP contribution in [0.3, 0.4) is 0 Å². The summed E-state index contributed by atoms with van der Waals surface area (Å²) >= 11 is 0. The van der Waals surface area contributed by atoms with E-state index >= 15 is 0 Å². The summed E-state index contributed by atoms with van der Waals surface area (Å²) in [4.78, 5) is 11.7. The molecule has 1 aromatic rings. The third-order valence-corrected chi connectivity index (χ3v) is 3.06. The molecule has 7 heteroatoms. The molecular formula is C11H14O6S. The average Bonchev–Trinajstić information content (AvgIpc) is 2.28. The van der Waals surface area contributed by atoms with Crippen LogP contribution in [0.2, 0.25) is 0 Å². The minimum atomic E-state index is -4.09. The van der Waals surface area contributed by atoms with Crippen LogP contribution < -0.4 is 0 Å². The minimum absolute atomic E-state index is 0.399.